The maximum atomic E-state index is 2.55. The minimum Gasteiger partial charge on any atom is -0.303 e. The van der Waals surface area contributed by atoms with Crippen LogP contribution in [0.2, 0.25) is 0 Å². The molecule has 0 bridgehead atoms. The number of rotatable bonds is 4. The molecule has 96 valence electrons. The maximum Gasteiger partial charge on any atom is 0.00986 e. The van der Waals surface area contributed by atoms with Gasteiger partial charge in [0.15, 0.2) is 0 Å². The Morgan fingerprint density at radius 1 is 1.12 bits per heavy atom. The van der Waals surface area contributed by atoms with Gasteiger partial charge in [-0.15, -0.1) is 0 Å². The van der Waals surface area contributed by atoms with E-state index in [9.17, 15) is 0 Å². The van der Waals surface area contributed by atoms with Crippen LogP contribution in [-0.2, 0) is 0 Å². The smallest absolute Gasteiger partial charge is 0.00986 e. The molecule has 0 amide bonds. The van der Waals surface area contributed by atoms with Crippen LogP contribution in [-0.4, -0.2) is 24.5 Å². The Hall–Kier alpha value is -0.560. The van der Waals surface area contributed by atoms with Gasteiger partial charge in [-0.25, -0.2) is 0 Å². The Balaban J connectivity index is 1.95. The number of allylic oxidation sites excluding steroid dienone is 4. The van der Waals surface area contributed by atoms with Gasteiger partial charge in [0.25, 0.3) is 0 Å². The van der Waals surface area contributed by atoms with Gasteiger partial charge in [-0.1, -0.05) is 26.0 Å². The summed E-state index contributed by atoms with van der Waals surface area (Å²) in [6.45, 7) is 8.24. The molecule has 0 aromatic heterocycles. The SMILES string of the molecule is CC(C)CN(C)C(C)C1CC2=CCCC=C2C1. The second-order valence-corrected chi connectivity index (χ2v) is 6.28. The van der Waals surface area contributed by atoms with E-state index in [1.807, 2.05) is 0 Å². The van der Waals surface area contributed by atoms with E-state index in [1.165, 1.54) is 32.2 Å². The van der Waals surface area contributed by atoms with E-state index in [1.54, 1.807) is 11.1 Å². The lowest BCUT2D eigenvalue weighted by Crippen LogP contribution is -2.36. The third-order valence-corrected chi connectivity index (χ3v) is 4.36. The average molecular weight is 233 g/mol. The standard InChI is InChI=1S/C16H27N/c1-12(2)11-17(4)13(3)16-9-14-7-5-6-8-15(14)10-16/h7-8,12-13,16H,5-6,9-11H2,1-4H3. The van der Waals surface area contributed by atoms with E-state index in [0.29, 0.717) is 6.04 Å². The largest absolute Gasteiger partial charge is 0.303 e. The zero-order valence-electron chi connectivity index (χ0n) is 11.9. The lowest BCUT2D eigenvalue weighted by atomic mass is 9.97. The van der Waals surface area contributed by atoms with Crippen LogP contribution in [0.3, 0.4) is 0 Å². The van der Waals surface area contributed by atoms with Crippen molar-refractivity contribution in [3.8, 4) is 0 Å². The summed E-state index contributed by atoms with van der Waals surface area (Å²) in [7, 11) is 2.29. The first-order chi connectivity index (χ1) is 8.08. The molecule has 0 spiro atoms. The van der Waals surface area contributed by atoms with Crippen molar-refractivity contribution in [1.29, 1.82) is 0 Å². The van der Waals surface area contributed by atoms with Crippen LogP contribution in [0.5, 0.6) is 0 Å². The van der Waals surface area contributed by atoms with E-state index in [4.69, 9.17) is 0 Å². The summed E-state index contributed by atoms with van der Waals surface area (Å²) in [6, 6.07) is 0.713. The van der Waals surface area contributed by atoms with Crippen molar-refractivity contribution >= 4 is 0 Å². The van der Waals surface area contributed by atoms with Gasteiger partial charge in [-0.2, -0.15) is 0 Å². The summed E-state index contributed by atoms with van der Waals surface area (Å²) in [4.78, 5) is 2.55. The van der Waals surface area contributed by atoms with E-state index >= 15 is 0 Å². The molecule has 1 atom stereocenters. The second kappa shape index (κ2) is 5.39. The quantitative estimate of drug-likeness (QED) is 0.709. The summed E-state index contributed by atoms with van der Waals surface area (Å²) in [5, 5.41) is 0. The molecule has 0 aliphatic heterocycles. The third-order valence-electron chi connectivity index (χ3n) is 4.36. The van der Waals surface area contributed by atoms with Crippen LogP contribution < -0.4 is 0 Å². The van der Waals surface area contributed by atoms with Crippen molar-refractivity contribution < 1.29 is 0 Å². The Bertz CT molecular complexity index is 302. The van der Waals surface area contributed by atoms with Crippen LogP contribution in [0.15, 0.2) is 23.3 Å². The summed E-state index contributed by atoms with van der Waals surface area (Å²) in [6.07, 6.45) is 10.1. The molecular weight excluding hydrogens is 206 g/mol. The molecular formula is C16H27N. The molecule has 0 aromatic rings. The molecule has 0 N–H and O–H groups in total. The zero-order chi connectivity index (χ0) is 12.4. The summed E-state index contributed by atoms with van der Waals surface area (Å²) < 4.78 is 0. The molecule has 1 saturated carbocycles. The first-order valence-electron chi connectivity index (χ1n) is 7.16. The van der Waals surface area contributed by atoms with Crippen LogP contribution in [0.25, 0.3) is 0 Å². The minimum absolute atomic E-state index is 0.713. The van der Waals surface area contributed by atoms with Crippen LogP contribution >= 0.6 is 0 Å². The Morgan fingerprint density at radius 2 is 1.65 bits per heavy atom. The molecule has 2 rings (SSSR count). The van der Waals surface area contributed by atoms with E-state index < -0.39 is 0 Å². The lowest BCUT2D eigenvalue weighted by Gasteiger charge is -2.30. The number of hydrogen-bond donors (Lipinski definition) is 0. The first kappa shape index (κ1) is 12.9. The van der Waals surface area contributed by atoms with Gasteiger partial charge in [0.05, 0.1) is 0 Å². The van der Waals surface area contributed by atoms with E-state index in [-0.39, 0.29) is 0 Å². The Morgan fingerprint density at radius 3 is 2.12 bits per heavy atom. The predicted molar refractivity (Wildman–Crippen MR) is 75.1 cm³/mol. The summed E-state index contributed by atoms with van der Waals surface area (Å²) >= 11 is 0. The van der Waals surface area contributed by atoms with Crippen molar-refractivity contribution in [1.82, 2.24) is 4.90 Å². The van der Waals surface area contributed by atoms with Crippen molar-refractivity contribution in [2.24, 2.45) is 11.8 Å². The molecule has 1 nitrogen and oxygen atoms in total. The predicted octanol–water partition coefficient (Wildman–Crippen LogP) is 4.02. The highest BCUT2D eigenvalue weighted by Gasteiger charge is 2.30. The fourth-order valence-corrected chi connectivity index (χ4v) is 3.29. The highest BCUT2D eigenvalue weighted by Crippen LogP contribution is 2.40. The topological polar surface area (TPSA) is 3.24 Å². The maximum absolute atomic E-state index is 2.55. The molecule has 2 aliphatic carbocycles. The normalized spacial score (nSPS) is 22.7. The highest BCUT2D eigenvalue weighted by atomic mass is 15.1. The molecule has 2 aliphatic rings. The third kappa shape index (κ3) is 3.01. The number of fused-ring (bicyclic) bond motifs is 1. The van der Waals surface area contributed by atoms with Gasteiger partial charge >= 0.3 is 0 Å². The fraction of sp³-hybridized carbons (Fsp3) is 0.750. The first-order valence-corrected chi connectivity index (χ1v) is 7.16. The molecule has 0 saturated heterocycles. The second-order valence-electron chi connectivity index (χ2n) is 6.28. The number of nitrogens with zero attached hydrogens (tertiary/aromatic N) is 1. The molecule has 0 radical (unpaired) electrons. The zero-order valence-corrected chi connectivity index (χ0v) is 11.9. The van der Waals surface area contributed by atoms with Crippen molar-refractivity contribution in [3.05, 3.63) is 23.3 Å². The van der Waals surface area contributed by atoms with E-state index in [2.05, 4.69) is 44.9 Å². The van der Waals surface area contributed by atoms with E-state index in [0.717, 1.165) is 11.8 Å². The van der Waals surface area contributed by atoms with Gasteiger partial charge in [0.1, 0.15) is 0 Å². The highest BCUT2D eigenvalue weighted by molar-refractivity contribution is 5.38. The van der Waals surface area contributed by atoms with Gasteiger partial charge < -0.3 is 4.90 Å². The Kier molecular flexibility index (Phi) is 4.09. The monoisotopic (exact) mass is 233 g/mol. The fourth-order valence-electron chi connectivity index (χ4n) is 3.29. The lowest BCUT2D eigenvalue weighted by molar-refractivity contribution is 0.177. The number of hydrogen-bond acceptors (Lipinski definition) is 1. The van der Waals surface area contributed by atoms with Crippen molar-refractivity contribution in [2.45, 2.75) is 52.5 Å². The van der Waals surface area contributed by atoms with Gasteiger partial charge in [0.2, 0.25) is 0 Å². The minimum atomic E-state index is 0.713. The molecule has 1 heteroatoms. The van der Waals surface area contributed by atoms with Gasteiger partial charge in [-0.3, -0.25) is 0 Å². The van der Waals surface area contributed by atoms with Crippen LogP contribution in [0.1, 0.15) is 46.5 Å². The van der Waals surface area contributed by atoms with Crippen molar-refractivity contribution in [2.75, 3.05) is 13.6 Å². The summed E-state index contributed by atoms with van der Waals surface area (Å²) in [5.41, 5.74) is 3.32. The molecule has 0 heterocycles. The molecule has 1 unspecified atom stereocenters. The van der Waals surface area contributed by atoms with Crippen molar-refractivity contribution in [3.63, 3.8) is 0 Å². The molecule has 1 fully saturated rings. The summed E-state index contributed by atoms with van der Waals surface area (Å²) in [5.74, 6) is 1.61. The van der Waals surface area contributed by atoms with Crippen LogP contribution in [0.4, 0.5) is 0 Å². The van der Waals surface area contributed by atoms with Gasteiger partial charge in [-0.05, 0) is 62.6 Å². The molecule has 17 heavy (non-hydrogen) atoms. The Labute approximate surface area is 107 Å². The van der Waals surface area contributed by atoms with Crippen LogP contribution in [0, 0.1) is 11.8 Å². The molecule has 0 aromatic carbocycles. The van der Waals surface area contributed by atoms with Gasteiger partial charge in [0, 0.05) is 12.6 Å². The average Bonchev–Trinajstić information content (AvgIpc) is 2.70.